The second-order valence-corrected chi connectivity index (χ2v) is 12.3. The lowest BCUT2D eigenvalue weighted by Crippen LogP contribution is -2.23. The van der Waals surface area contributed by atoms with Crippen LogP contribution in [0.2, 0.25) is 13.6 Å². The lowest BCUT2D eigenvalue weighted by molar-refractivity contribution is -0.134. The molecule has 0 fully saturated rings. The van der Waals surface area contributed by atoms with Gasteiger partial charge in [0.2, 0.25) is 23.3 Å². The zero-order valence-corrected chi connectivity index (χ0v) is 31.3. The maximum Gasteiger partial charge on any atom is 0.348 e. The van der Waals surface area contributed by atoms with Gasteiger partial charge in [0, 0.05) is 24.8 Å². The van der Waals surface area contributed by atoms with Gasteiger partial charge in [-0.3, -0.25) is 4.79 Å². The fraction of sp³-hybridized carbons (Fsp3) is 0.195. The van der Waals surface area contributed by atoms with Gasteiger partial charge >= 0.3 is 25.8 Å². The van der Waals surface area contributed by atoms with Gasteiger partial charge in [-0.05, 0) is 83.6 Å². The number of esters is 2. The first-order valence-electron chi connectivity index (χ1n) is 17.8. The van der Waals surface area contributed by atoms with Crippen molar-refractivity contribution < 1.29 is 47.3 Å². The van der Waals surface area contributed by atoms with Crippen LogP contribution in [0.15, 0.2) is 97.9 Å². The molecule has 7 rings (SSSR count). The number of fused-ring (bicyclic) bond motifs is 2. The van der Waals surface area contributed by atoms with E-state index in [2.05, 4.69) is 21.4 Å². The average Bonchev–Trinajstić information content (AvgIpc) is 3.77. The zero-order valence-electron chi connectivity index (χ0n) is 31.3. The van der Waals surface area contributed by atoms with Gasteiger partial charge in [0.1, 0.15) is 22.8 Å². The largest absolute Gasteiger partial charge is 0.477 e. The zero-order chi connectivity index (χ0) is 39.6. The Labute approximate surface area is 325 Å². The summed E-state index contributed by atoms with van der Waals surface area (Å²) in [5.74, 6) is 2.21. The van der Waals surface area contributed by atoms with Crippen molar-refractivity contribution in [3.63, 3.8) is 0 Å². The predicted octanol–water partition coefficient (Wildman–Crippen LogP) is 7.82. The first kappa shape index (κ1) is 39.1. The molecule has 0 bridgehead atoms. The minimum absolute atomic E-state index is 0.0694. The number of hydrogen-bond acceptors (Lipinski definition) is 12. The maximum atomic E-state index is 11.9. The van der Waals surface area contributed by atoms with Crippen LogP contribution in [0.3, 0.4) is 0 Å². The van der Waals surface area contributed by atoms with Crippen molar-refractivity contribution in [2.24, 2.45) is 0 Å². The minimum Gasteiger partial charge on any atom is -0.477 e. The lowest BCUT2D eigenvalue weighted by atomic mass is 9.64. The highest BCUT2D eigenvalue weighted by Crippen LogP contribution is 2.38. The molecule has 0 spiro atoms. The summed E-state index contributed by atoms with van der Waals surface area (Å²) in [6.07, 6.45) is 2.74. The summed E-state index contributed by atoms with van der Waals surface area (Å²) in [6, 6.07) is 22.8. The number of hydrogen-bond donors (Lipinski definition) is 0. The molecule has 2 aliphatic rings. The molecule has 282 valence electrons. The summed E-state index contributed by atoms with van der Waals surface area (Å²) in [4.78, 5) is 35.3. The first-order valence-corrected chi connectivity index (χ1v) is 17.8. The van der Waals surface area contributed by atoms with Crippen LogP contribution in [0.25, 0.3) is 4.85 Å². The van der Waals surface area contributed by atoms with Crippen molar-refractivity contribution in [3.05, 3.63) is 126 Å². The van der Waals surface area contributed by atoms with Gasteiger partial charge in [-0.25, -0.2) is 14.6 Å². The molecular formula is C41H37B2N3O10. The van der Waals surface area contributed by atoms with Crippen LogP contribution in [0, 0.1) is 6.57 Å². The second kappa shape index (κ2) is 18.1. The Morgan fingerprint density at radius 1 is 0.821 bits per heavy atom. The van der Waals surface area contributed by atoms with Crippen molar-refractivity contribution in [2.45, 2.75) is 47.1 Å². The van der Waals surface area contributed by atoms with Crippen LogP contribution >= 0.6 is 0 Å². The average molecular weight is 753 g/mol. The van der Waals surface area contributed by atoms with Crippen LogP contribution < -0.4 is 34.6 Å². The van der Waals surface area contributed by atoms with Gasteiger partial charge in [0.15, 0.2) is 11.5 Å². The molecule has 13 nitrogen and oxygen atoms in total. The summed E-state index contributed by atoms with van der Waals surface area (Å²) in [5, 5.41) is 0. The van der Waals surface area contributed by atoms with Gasteiger partial charge in [0.05, 0.1) is 32.7 Å². The molecule has 0 N–H and O–H groups in total. The molecule has 0 amide bonds. The highest BCUT2D eigenvalue weighted by atomic mass is 16.5. The Morgan fingerprint density at radius 2 is 1.48 bits per heavy atom. The van der Waals surface area contributed by atoms with Gasteiger partial charge in [-0.1, -0.05) is 39.3 Å². The normalized spacial score (nSPS) is 12.3. The van der Waals surface area contributed by atoms with Gasteiger partial charge < -0.3 is 37.7 Å². The minimum atomic E-state index is -0.582. The van der Waals surface area contributed by atoms with Crippen molar-refractivity contribution >= 4 is 42.4 Å². The number of nitrogens with zero attached hydrogens (tertiary/aromatic N) is 3. The van der Waals surface area contributed by atoms with Crippen molar-refractivity contribution in [1.82, 2.24) is 9.97 Å². The molecule has 56 heavy (non-hydrogen) atoms. The number of rotatable bonds is 12. The molecular weight excluding hydrogens is 716 g/mol. The van der Waals surface area contributed by atoms with Crippen LogP contribution in [-0.4, -0.2) is 42.3 Å². The van der Waals surface area contributed by atoms with Crippen LogP contribution in [0.4, 0.5) is 5.69 Å². The molecule has 15 heteroatoms. The molecule has 3 aromatic carbocycles. The number of carbonyl (C=O) groups is 2. The van der Waals surface area contributed by atoms with E-state index in [0.29, 0.717) is 60.1 Å². The highest BCUT2D eigenvalue weighted by molar-refractivity contribution is 6.67. The standard InChI is InChI=1S/C23H19BN2O5.C18H18BNO5/c1-4-23(27)30-18-7-9-20(21(12-18)31-22-10-5-16(25-3)13-26-22)29-17-6-8-19-15(11-17)14-28-24(19)2;1-4-22-17-14(18(21)23-5-2)7-9-16(20-17)25-13-6-8-15-12(10-13)11-24-19(15)3/h5-13H,4,14H2,1-2H3;5-10H,2,4,11H2,1,3H3. The third-order valence-electron chi connectivity index (χ3n) is 8.56. The molecule has 2 aliphatic heterocycles. The van der Waals surface area contributed by atoms with Crippen LogP contribution in [0.5, 0.6) is 46.4 Å². The molecule has 0 saturated heterocycles. The van der Waals surface area contributed by atoms with Crippen LogP contribution in [-0.2, 0) is 32.1 Å². The van der Waals surface area contributed by atoms with E-state index in [9.17, 15) is 9.59 Å². The Balaban J connectivity index is 0.000000194. The number of carbonyl (C=O) groups excluding carboxylic acids is 2. The molecule has 0 atom stereocenters. The molecule has 0 aliphatic carbocycles. The third kappa shape index (κ3) is 9.54. The Morgan fingerprint density at radius 3 is 2.09 bits per heavy atom. The number of pyridine rings is 2. The van der Waals surface area contributed by atoms with E-state index < -0.39 is 5.97 Å². The maximum absolute atomic E-state index is 11.9. The third-order valence-corrected chi connectivity index (χ3v) is 8.56. The van der Waals surface area contributed by atoms with E-state index in [1.165, 1.54) is 6.20 Å². The fourth-order valence-corrected chi connectivity index (χ4v) is 5.74. The molecule has 2 aromatic heterocycles. The summed E-state index contributed by atoms with van der Waals surface area (Å²) in [7, 11) is 0. The van der Waals surface area contributed by atoms with Gasteiger partial charge in [-0.2, -0.15) is 4.98 Å². The fourth-order valence-electron chi connectivity index (χ4n) is 5.74. The van der Waals surface area contributed by atoms with Crippen LogP contribution in [0.1, 0.15) is 41.8 Å². The number of aromatic nitrogens is 2. The second-order valence-electron chi connectivity index (χ2n) is 12.3. The SMILES string of the molecule is C=COC(=O)c1ccc(Oc2ccc3c(c2)COB3C)nc1OCC.[C-]#[N+]c1ccc(Oc2cc(OC(=O)CC)ccc2Oc2ccc3c(c2)COB3C)nc1. The number of ether oxygens (including phenoxy) is 6. The lowest BCUT2D eigenvalue weighted by Gasteiger charge is -2.14. The molecule has 0 saturated carbocycles. The summed E-state index contributed by atoms with van der Waals surface area (Å²) < 4.78 is 44.5. The summed E-state index contributed by atoms with van der Waals surface area (Å²) >= 11 is 0. The van der Waals surface area contributed by atoms with E-state index in [1.54, 1.807) is 56.3 Å². The Bertz CT molecular complexity index is 2280. The highest BCUT2D eigenvalue weighted by Gasteiger charge is 2.25. The number of benzene rings is 3. The molecule has 4 heterocycles. The first-order chi connectivity index (χ1) is 27.2. The predicted molar refractivity (Wildman–Crippen MR) is 209 cm³/mol. The van der Waals surface area contributed by atoms with Crippen molar-refractivity contribution in [3.8, 4) is 46.4 Å². The monoisotopic (exact) mass is 753 g/mol. The molecule has 5 aromatic rings. The van der Waals surface area contributed by atoms with E-state index in [4.69, 9.17) is 44.3 Å². The quantitative estimate of drug-likeness (QED) is 0.0404. The Hall–Kier alpha value is -6.62. The van der Waals surface area contributed by atoms with E-state index in [-0.39, 0.29) is 43.5 Å². The smallest absolute Gasteiger partial charge is 0.348 e. The topological polar surface area (TPSA) is 138 Å². The Kier molecular flexibility index (Phi) is 12.7. The van der Waals surface area contributed by atoms with E-state index in [0.717, 1.165) is 28.3 Å². The van der Waals surface area contributed by atoms with Gasteiger partial charge in [0.25, 0.3) is 0 Å². The molecule has 0 radical (unpaired) electrons. The van der Waals surface area contributed by atoms with E-state index >= 15 is 0 Å². The van der Waals surface area contributed by atoms with Crippen molar-refractivity contribution in [1.29, 1.82) is 0 Å². The summed E-state index contributed by atoms with van der Waals surface area (Å²) in [6.45, 7) is 19.6. The summed E-state index contributed by atoms with van der Waals surface area (Å²) in [5.41, 5.74) is 5.11. The van der Waals surface area contributed by atoms with Gasteiger partial charge in [-0.15, -0.1) is 0 Å². The van der Waals surface area contributed by atoms with Crippen molar-refractivity contribution in [2.75, 3.05) is 6.61 Å². The van der Waals surface area contributed by atoms with E-state index in [1.807, 2.05) is 50.0 Å². The molecule has 0 unspecified atom stereocenters.